The number of rotatable bonds is 5. The Morgan fingerprint density at radius 2 is 2.10 bits per heavy atom. The van der Waals surface area contributed by atoms with Gasteiger partial charge in [-0.1, -0.05) is 13.3 Å². The smallest absolute Gasteiger partial charge is 0.341 e. The van der Waals surface area contributed by atoms with Gasteiger partial charge < -0.3 is 15.8 Å². The van der Waals surface area contributed by atoms with Gasteiger partial charge >= 0.3 is 5.97 Å². The van der Waals surface area contributed by atoms with E-state index < -0.39 is 6.04 Å². The minimum Gasteiger partial charge on any atom is -0.465 e. The van der Waals surface area contributed by atoms with Crippen molar-refractivity contribution in [2.75, 3.05) is 12.4 Å². The van der Waals surface area contributed by atoms with Crippen LogP contribution in [0.25, 0.3) is 0 Å². The van der Waals surface area contributed by atoms with Gasteiger partial charge in [0.2, 0.25) is 5.91 Å². The summed E-state index contributed by atoms with van der Waals surface area (Å²) in [5, 5.41) is 3.41. The summed E-state index contributed by atoms with van der Waals surface area (Å²) < 4.78 is 4.88. The molecule has 0 saturated carbocycles. The highest BCUT2D eigenvalue weighted by atomic mass is 32.1. The summed E-state index contributed by atoms with van der Waals surface area (Å²) >= 11 is 1.48. The van der Waals surface area contributed by atoms with Crippen molar-refractivity contribution < 1.29 is 14.3 Å². The average Bonchev–Trinajstić information content (AvgIpc) is 2.84. The van der Waals surface area contributed by atoms with Gasteiger partial charge in [-0.3, -0.25) is 4.79 Å². The molecular formula is C15H22N2O3S. The number of fused-ring (bicyclic) bond motifs is 1. The Morgan fingerprint density at radius 3 is 2.76 bits per heavy atom. The highest BCUT2D eigenvalue weighted by Gasteiger charge is 2.27. The number of carbonyl (C=O) groups is 2. The third-order valence-electron chi connectivity index (χ3n) is 3.73. The molecule has 1 heterocycles. The van der Waals surface area contributed by atoms with Gasteiger partial charge in [0.1, 0.15) is 5.00 Å². The van der Waals surface area contributed by atoms with Gasteiger partial charge in [0.05, 0.1) is 18.7 Å². The molecule has 0 saturated heterocycles. The lowest BCUT2D eigenvalue weighted by Crippen LogP contribution is -2.35. The lowest BCUT2D eigenvalue weighted by Gasteiger charge is -2.12. The number of thiophene rings is 1. The molecule has 0 bridgehead atoms. The van der Waals surface area contributed by atoms with Gasteiger partial charge in [0, 0.05) is 4.88 Å². The van der Waals surface area contributed by atoms with Crippen LogP contribution in [0.2, 0.25) is 0 Å². The van der Waals surface area contributed by atoms with Crippen LogP contribution in [0.1, 0.15) is 53.4 Å². The zero-order chi connectivity index (χ0) is 15.4. The number of carbonyl (C=O) groups excluding carboxylic acids is 2. The second-order valence-electron chi connectivity index (χ2n) is 5.29. The standard InChI is InChI=1S/C15H22N2O3S/c1-3-6-10(16)13(18)17-14-12(15(19)20-2)9-7-4-5-8-11(9)21-14/h10H,3-8,16H2,1-2H3,(H,17,18). The summed E-state index contributed by atoms with van der Waals surface area (Å²) in [6, 6.07) is -0.542. The van der Waals surface area contributed by atoms with E-state index in [9.17, 15) is 9.59 Å². The van der Waals surface area contributed by atoms with Crippen LogP contribution in [0, 0.1) is 0 Å². The molecular weight excluding hydrogens is 288 g/mol. The number of hydrogen-bond donors (Lipinski definition) is 2. The average molecular weight is 310 g/mol. The Hall–Kier alpha value is -1.40. The summed E-state index contributed by atoms with van der Waals surface area (Å²) in [5.41, 5.74) is 7.39. The topological polar surface area (TPSA) is 81.4 Å². The van der Waals surface area contributed by atoms with Crippen molar-refractivity contribution in [3.8, 4) is 0 Å². The molecule has 1 aromatic heterocycles. The zero-order valence-electron chi connectivity index (χ0n) is 12.5. The second kappa shape index (κ2) is 7.04. The lowest BCUT2D eigenvalue weighted by molar-refractivity contribution is -0.117. The first-order chi connectivity index (χ1) is 10.1. The quantitative estimate of drug-likeness (QED) is 0.819. The van der Waals surface area contributed by atoms with E-state index in [4.69, 9.17) is 10.5 Å². The van der Waals surface area contributed by atoms with E-state index in [1.807, 2.05) is 6.92 Å². The summed E-state index contributed by atoms with van der Waals surface area (Å²) in [7, 11) is 1.36. The molecule has 1 atom stereocenters. The first kappa shape index (κ1) is 16.0. The summed E-state index contributed by atoms with van der Waals surface area (Å²) in [4.78, 5) is 25.3. The number of nitrogens with one attached hydrogen (secondary N) is 1. The van der Waals surface area contributed by atoms with E-state index in [1.165, 1.54) is 23.3 Å². The van der Waals surface area contributed by atoms with Gasteiger partial charge in [-0.25, -0.2) is 4.79 Å². The highest BCUT2D eigenvalue weighted by molar-refractivity contribution is 7.17. The van der Waals surface area contributed by atoms with Crippen molar-refractivity contribution in [3.05, 3.63) is 16.0 Å². The number of nitrogens with two attached hydrogens (primary N) is 1. The number of amides is 1. The maximum absolute atomic E-state index is 12.1. The summed E-state index contributed by atoms with van der Waals surface area (Å²) in [6.45, 7) is 1.98. The van der Waals surface area contributed by atoms with E-state index in [0.717, 1.165) is 37.7 Å². The second-order valence-corrected chi connectivity index (χ2v) is 6.40. The normalized spacial score (nSPS) is 15.2. The lowest BCUT2D eigenvalue weighted by atomic mass is 9.95. The van der Waals surface area contributed by atoms with E-state index >= 15 is 0 Å². The van der Waals surface area contributed by atoms with Crippen LogP contribution in [0.3, 0.4) is 0 Å². The molecule has 0 spiro atoms. The highest BCUT2D eigenvalue weighted by Crippen LogP contribution is 2.38. The third kappa shape index (κ3) is 3.44. The summed E-state index contributed by atoms with van der Waals surface area (Å²) in [5.74, 6) is -0.616. The first-order valence-electron chi connectivity index (χ1n) is 7.37. The minimum atomic E-state index is -0.542. The summed E-state index contributed by atoms with van der Waals surface area (Å²) in [6.07, 6.45) is 5.49. The number of esters is 1. The number of hydrogen-bond acceptors (Lipinski definition) is 5. The molecule has 6 heteroatoms. The Kier molecular flexibility index (Phi) is 5.36. The maximum atomic E-state index is 12.1. The van der Waals surface area contributed by atoms with Gasteiger partial charge in [0.25, 0.3) is 0 Å². The SMILES string of the molecule is CCCC(N)C(=O)Nc1sc2c(c1C(=O)OC)CCCC2. The van der Waals surface area contributed by atoms with Gasteiger partial charge in [-0.2, -0.15) is 0 Å². The molecule has 21 heavy (non-hydrogen) atoms. The Labute approximate surface area is 128 Å². The molecule has 0 fully saturated rings. The Bertz CT molecular complexity index is 539. The van der Waals surface area contributed by atoms with Crippen LogP contribution < -0.4 is 11.1 Å². The van der Waals surface area contributed by atoms with Crippen molar-refractivity contribution in [1.29, 1.82) is 0 Å². The first-order valence-corrected chi connectivity index (χ1v) is 8.19. The van der Waals surface area contributed by atoms with Crippen LogP contribution in [0.5, 0.6) is 0 Å². The predicted molar refractivity (Wildman–Crippen MR) is 83.8 cm³/mol. The van der Waals surface area contributed by atoms with Crippen LogP contribution >= 0.6 is 11.3 Å². The van der Waals surface area contributed by atoms with E-state index in [-0.39, 0.29) is 11.9 Å². The van der Waals surface area contributed by atoms with E-state index in [1.54, 1.807) is 0 Å². The molecule has 0 aromatic carbocycles. The molecule has 3 N–H and O–H groups in total. The van der Waals surface area contributed by atoms with E-state index in [2.05, 4.69) is 5.32 Å². The third-order valence-corrected chi connectivity index (χ3v) is 4.94. The zero-order valence-corrected chi connectivity index (χ0v) is 13.3. The molecule has 1 aromatic rings. The van der Waals surface area contributed by atoms with Crippen LogP contribution in [-0.4, -0.2) is 25.0 Å². The molecule has 1 aliphatic rings. The fourth-order valence-electron chi connectivity index (χ4n) is 2.62. The van der Waals surface area contributed by atoms with Gasteiger partial charge in [-0.05, 0) is 37.7 Å². The molecule has 2 rings (SSSR count). The molecule has 0 radical (unpaired) electrons. The van der Waals surface area contributed by atoms with Crippen molar-refractivity contribution in [2.24, 2.45) is 5.73 Å². The minimum absolute atomic E-state index is 0.236. The molecule has 1 unspecified atom stereocenters. The maximum Gasteiger partial charge on any atom is 0.341 e. The molecule has 5 nitrogen and oxygen atoms in total. The van der Waals surface area contributed by atoms with E-state index in [0.29, 0.717) is 17.0 Å². The van der Waals surface area contributed by atoms with Gasteiger partial charge in [-0.15, -0.1) is 11.3 Å². The number of anilines is 1. The van der Waals surface area contributed by atoms with Crippen molar-refractivity contribution in [2.45, 2.75) is 51.5 Å². The molecule has 116 valence electrons. The molecule has 1 aliphatic carbocycles. The number of ether oxygens (including phenoxy) is 1. The van der Waals surface area contributed by atoms with Crippen molar-refractivity contribution in [1.82, 2.24) is 0 Å². The monoisotopic (exact) mass is 310 g/mol. The predicted octanol–water partition coefficient (Wildman–Crippen LogP) is 2.48. The number of methoxy groups -OCH3 is 1. The number of aryl methyl sites for hydroxylation is 1. The Balaban J connectivity index is 2.28. The van der Waals surface area contributed by atoms with Gasteiger partial charge in [0.15, 0.2) is 0 Å². The fourth-order valence-corrected chi connectivity index (χ4v) is 3.90. The molecule has 1 amide bonds. The fraction of sp³-hybridized carbons (Fsp3) is 0.600. The van der Waals surface area contributed by atoms with Crippen molar-refractivity contribution >= 4 is 28.2 Å². The molecule has 0 aliphatic heterocycles. The van der Waals surface area contributed by atoms with Crippen LogP contribution in [0.4, 0.5) is 5.00 Å². The largest absolute Gasteiger partial charge is 0.465 e. The Morgan fingerprint density at radius 1 is 1.38 bits per heavy atom. The van der Waals surface area contributed by atoms with Crippen LogP contribution in [0.15, 0.2) is 0 Å². The van der Waals surface area contributed by atoms with Crippen molar-refractivity contribution in [3.63, 3.8) is 0 Å². The van der Waals surface area contributed by atoms with Crippen LogP contribution in [-0.2, 0) is 22.4 Å².